The van der Waals surface area contributed by atoms with Gasteiger partial charge in [-0.2, -0.15) is 0 Å². The van der Waals surface area contributed by atoms with Gasteiger partial charge in [0.15, 0.2) is 0 Å². The van der Waals surface area contributed by atoms with E-state index in [-0.39, 0.29) is 12.5 Å². The van der Waals surface area contributed by atoms with Gasteiger partial charge in [0.25, 0.3) is 0 Å². The summed E-state index contributed by atoms with van der Waals surface area (Å²) in [5.41, 5.74) is 1.76. The number of piperazine rings is 1. The minimum absolute atomic E-state index is 0.00321. The van der Waals surface area contributed by atoms with Crippen LogP contribution in [0.5, 0.6) is 0 Å². The Morgan fingerprint density at radius 1 is 1.06 bits per heavy atom. The predicted molar refractivity (Wildman–Crippen MR) is 124 cm³/mol. The first-order valence-corrected chi connectivity index (χ1v) is 11.1. The molecule has 4 rings (SSSR count). The van der Waals surface area contributed by atoms with Crippen LogP contribution in [-0.2, 0) is 22.6 Å². The average molecular weight is 459 g/mol. The van der Waals surface area contributed by atoms with Crippen molar-refractivity contribution in [3.63, 3.8) is 0 Å². The van der Waals surface area contributed by atoms with Crippen LogP contribution in [0.1, 0.15) is 18.3 Å². The van der Waals surface area contributed by atoms with Gasteiger partial charge in [-0.25, -0.2) is 9.97 Å². The first kappa shape index (κ1) is 21.8. The molecule has 2 heterocycles. The van der Waals surface area contributed by atoms with E-state index in [1.807, 2.05) is 48.2 Å². The van der Waals surface area contributed by atoms with Crippen molar-refractivity contribution in [3.05, 3.63) is 63.9 Å². The van der Waals surface area contributed by atoms with Crippen LogP contribution < -0.4 is 4.90 Å². The minimum atomic E-state index is 0.00321. The Hall–Kier alpha value is -2.41. The zero-order chi connectivity index (χ0) is 21.8. The van der Waals surface area contributed by atoms with Crippen LogP contribution >= 0.6 is 23.2 Å². The molecule has 6 nitrogen and oxygen atoms in total. The van der Waals surface area contributed by atoms with E-state index in [1.165, 1.54) is 0 Å². The second-order valence-corrected chi connectivity index (χ2v) is 8.29. The summed E-state index contributed by atoms with van der Waals surface area (Å²) in [5, 5.41) is 1.90. The van der Waals surface area contributed by atoms with Gasteiger partial charge in [0.05, 0.1) is 17.1 Å². The topological polar surface area (TPSA) is 58.6 Å². The van der Waals surface area contributed by atoms with E-state index in [1.54, 1.807) is 6.07 Å². The Bertz CT molecular complexity index is 1070. The molecule has 1 saturated heterocycles. The second-order valence-electron chi connectivity index (χ2n) is 7.45. The highest BCUT2D eigenvalue weighted by Crippen LogP contribution is 2.32. The van der Waals surface area contributed by atoms with Crippen LogP contribution in [0.2, 0.25) is 10.0 Å². The van der Waals surface area contributed by atoms with Crippen molar-refractivity contribution in [2.24, 2.45) is 0 Å². The highest BCUT2D eigenvalue weighted by atomic mass is 35.5. The number of hydrogen-bond donors (Lipinski definition) is 0. The van der Waals surface area contributed by atoms with Gasteiger partial charge < -0.3 is 14.5 Å². The number of fused-ring (bicyclic) bond motifs is 1. The maximum absolute atomic E-state index is 12.6. The standard InChI is InChI=1S/C23H24Cl2N4O2/c1-2-20-26-22-18(12-17(24)13-19(22)25)23(27-20)29-10-8-28(9-11-29)21(30)15-31-14-16-6-4-3-5-7-16/h3-7,12-13H,2,8-11,14-15H2,1H3. The molecule has 0 radical (unpaired) electrons. The van der Waals surface area contributed by atoms with Gasteiger partial charge in [-0.1, -0.05) is 60.5 Å². The van der Waals surface area contributed by atoms with Crippen molar-refractivity contribution in [1.82, 2.24) is 14.9 Å². The molecule has 0 spiro atoms. The summed E-state index contributed by atoms with van der Waals surface area (Å²) in [6.45, 7) is 5.08. The summed E-state index contributed by atoms with van der Waals surface area (Å²) < 4.78 is 5.61. The SMILES string of the molecule is CCc1nc(N2CCN(C(=O)COCc3ccccc3)CC2)c2cc(Cl)cc(Cl)c2n1. The number of nitrogens with zero attached hydrogens (tertiary/aromatic N) is 4. The molecule has 0 N–H and O–H groups in total. The lowest BCUT2D eigenvalue weighted by atomic mass is 10.2. The van der Waals surface area contributed by atoms with Crippen molar-refractivity contribution in [2.45, 2.75) is 20.0 Å². The summed E-state index contributed by atoms with van der Waals surface area (Å²) in [7, 11) is 0. The first-order chi connectivity index (χ1) is 15.0. The number of rotatable bonds is 6. The number of benzene rings is 2. The molecule has 1 aliphatic heterocycles. The van der Waals surface area contributed by atoms with Crippen molar-refractivity contribution < 1.29 is 9.53 Å². The van der Waals surface area contributed by atoms with Gasteiger partial charge in [0, 0.05) is 43.0 Å². The van der Waals surface area contributed by atoms with E-state index in [2.05, 4.69) is 9.88 Å². The molecule has 31 heavy (non-hydrogen) atoms. The molecule has 1 amide bonds. The van der Waals surface area contributed by atoms with Crippen LogP contribution in [0, 0.1) is 0 Å². The molecule has 0 aliphatic carbocycles. The monoisotopic (exact) mass is 458 g/mol. The zero-order valence-electron chi connectivity index (χ0n) is 17.4. The summed E-state index contributed by atoms with van der Waals surface area (Å²) in [6, 6.07) is 13.4. The van der Waals surface area contributed by atoms with E-state index in [4.69, 9.17) is 32.9 Å². The quantitative estimate of drug-likeness (QED) is 0.548. The molecule has 0 unspecified atom stereocenters. The average Bonchev–Trinajstić information content (AvgIpc) is 2.79. The van der Waals surface area contributed by atoms with Crippen LogP contribution in [0.15, 0.2) is 42.5 Å². The summed E-state index contributed by atoms with van der Waals surface area (Å²) in [4.78, 5) is 25.9. The fraction of sp³-hybridized carbons (Fsp3) is 0.348. The molecule has 1 fully saturated rings. The lowest BCUT2D eigenvalue weighted by molar-refractivity contribution is -0.136. The normalized spacial score (nSPS) is 14.3. The fourth-order valence-electron chi connectivity index (χ4n) is 3.68. The third-order valence-electron chi connectivity index (χ3n) is 5.33. The third-order valence-corrected chi connectivity index (χ3v) is 5.84. The van der Waals surface area contributed by atoms with Crippen LogP contribution in [0.4, 0.5) is 5.82 Å². The van der Waals surface area contributed by atoms with Gasteiger partial charge >= 0.3 is 0 Å². The van der Waals surface area contributed by atoms with Crippen molar-refractivity contribution in [3.8, 4) is 0 Å². The van der Waals surface area contributed by atoms with E-state index in [9.17, 15) is 4.79 Å². The molecule has 2 aromatic carbocycles. The van der Waals surface area contributed by atoms with Gasteiger partial charge in [-0.05, 0) is 17.7 Å². The van der Waals surface area contributed by atoms with Crippen LogP contribution in [0.25, 0.3) is 10.9 Å². The van der Waals surface area contributed by atoms with Crippen molar-refractivity contribution in [2.75, 3.05) is 37.7 Å². The number of ether oxygens (including phenoxy) is 1. The van der Waals surface area contributed by atoms with Crippen LogP contribution in [-0.4, -0.2) is 53.6 Å². The smallest absolute Gasteiger partial charge is 0.248 e. The number of carbonyl (C=O) groups is 1. The molecule has 1 aromatic heterocycles. The Morgan fingerprint density at radius 2 is 1.81 bits per heavy atom. The lowest BCUT2D eigenvalue weighted by Gasteiger charge is -2.36. The molecular formula is C23H24Cl2N4O2. The Kier molecular flexibility index (Phi) is 6.90. The lowest BCUT2D eigenvalue weighted by Crippen LogP contribution is -2.50. The molecule has 0 saturated carbocycles. The summed E-state index contributed by atoms with van der Waals surface area (Å²) in [6.07, 6.45) is 0.707. The molecule has 0 atom stereocenters. The van der Waals surface area contributed by atoms with Gasteiger partial charge in [-0.3, -0.25) is 4.79 Å². The number of aromatic nitrogens is 2. The maximum atomic E-state index is 12.6. The van der Waals surface area contributed by atoms with E-state index >= 15 is 0 Å². The highest BCUT2D eigenvalue weighted by Gasteiger charge is 2.24. The molecule has 162 valence electrons. The van der Waals surface area contributed by atoms with Crippen molar-refractivity contribution >= 4 is 45.8 Å². The Morgan fingerprint density at radius 3 is 2.52 bits per heavy atom. The van der Waals surface area contributed by atoms with Crippen LogP contribution in [0.3, 0.4) is 0 Å². The summed E-state index contributed by atoms with van der Waals surface area (Å²) >= 11 is 12.6. The first-order valence-electron chi connectivity index (χ1n) is 10.3. The third kappa shape index (κ3) is 5.09. The number of amides is 1. The maximum Gasteiger partial charge on any atom is 0.248 e. The van der Waals surface area contributed by atoms with E-state index in [0.29, 0.717) is 54.8 Å². The molecule has 1 aliphatic rings. The number of halogens is 2. The zero-order valence-corrected chi connectivity index (χ0v) is 18.9. The molecular weight excluding hydrogens is 435 g/mol. The van der Waals surface area contributed by atoms with Gasteiger partial charge in [0.2, 0.25) is 5.91 Å². The van der Waals surface area contributed by atoms with E-state index < -0.39 is 0 Å². The Labute approximate surface area is 191 Å². The number of carbonyl (C=O) groups excluding carboxylic acids is 1. The van der Waals surface area contributed by atoms with Gasteiger partial charge in [0.1, 0.15) is 18.2 Å². The van der Waals surface area contributed by atoms with Crippen molar-refractivity contribution in [1.29, 1.82) is 0 Å². The minimum Gasteiger partial charge on any atom is -0.367 e. The summed E-state index contributed by atoms with van der Waals surface area (Å²) in [5.74, 6) is 1.56. The molecule has 3 aromatic rings. The predicted octanol–water partition coefficient (Wildman–Crippen LogP) is 4.36. The Balaban J connectivity index is 1.41. The van der Waals surface area contributed by atoms with Gasteiger partial charge in [-0.15, -0.1) is 0 Å². The number of hydrogen-bond acceptors (Lipinski definition) is 5. The fourth-order valence-corrected chi connectivity index (χ4v) is 4.21. The second kappa shape index (κ2) is 9.81. The highest BCUT2D eigenvalue weighted by molar-refractivity contribution is 6.38. The molecule has 8 heteroatoms. The molecule has 0 bridgehead atoms. The number of aryl methyl sites for hydroxylation is 1. The number of anilines is 1. The van der Waals surface area contributed by atoms with E-state index in [0.717, 1.165) is 22.6 Å². The largest absolute Gasteiger partial charge is 0.367 e.